The number of nitrogens with zero attached hydrogens (tertiary/aromatic N) is 3. The van der Waals surface area contributed by atoms with Crippen molar-refractivity contribution in [3.8, 4) is 0 Å². The van der Waals surface area contributed by atoms with Gasteiger partial charge in [0.1, 0.15) is 6.33 Å². The van der Waals surface area contributed by atoms with Crippen LogP contribution < -0.4 is 0 Å². The molecular weight excluding hydrogens is 176 g/mol. The fourth-order valence-corrected chi connectivity index (χ4v) is 1.78. The maximum absolute atomic E-state index is 4.16. The first-order valence-electron chi connectivity index (χ1n) is 5.00. The maximum atomic E-state index is 4.16. The predicted octanol–water partition coefficient (Wildman–Crippen LogP) is 2.26. The number of hydrogen-bond donors (Lipinski definition) is 1. The zero-order chi connectivity index (χ0) is 9.97. The van der Waals surface area contributed by atoms with Crippen molar-refractivity contribution in [3.05, 3.63) is 18.2 Å². The van der Waals surface area contributed by atoms with Crippen LogP contribution in [0.4, 0.5) is 0 Å². The summed E-state index contributed by atoms with van der Waals surface area (Å²) in [6, 6.07) is 0. The van der Waals surface area contributed by atoms with Crippen LogP contribution in [0.1, 0.15) is 38.3 Å². The fourth-order valence-electron chi connectivity index (χ4n) is 1.78. The van der Waals surface area contributed by atoms with Gasteiger partial charge in [-0.1, -0.05) is 13.8 Å². The third-order valence-corrected chi connectivity index (χ3v) is 2.66. The molecule has 0 amide bonds. The molecule has 4 heteroatoms. The molecule has 0 bridgehead atoms. The Morgan fingerprint density at radius 1 is 1.36 bits per heavy atom. The highest BCUT2D eigenvalue weighted by atomic mass is 15.2. The standard InChI is InChI=1S/C10H14N4/c1-3-7(4-2)9-8-5-11-6-12-10(8)14-13-9/h5-7H,3-4H2,1-2H3,(H,11,12,13,14). The van der Waals surface area contributed by atoms with E-state index in [1.165, 1.54) is 12.0 Å². The van der Waals surface area contributed by atoms with Crippen molar-refractivity contribution in [1.82, 2.24) is 20.2 Å². The lowest BCUT2D eigenvalue weighted by Gasteiger charge is -2.09. The molecule has 74 valence electrons. The van der Waals surface area contributed by atoms with E-state index in [4.69, 9.17) is 0 Å². The Balaban J connectivity index is 2.51. The van der Waals surface area contributed by atoms with Gasteiger partial charge in [-0.25, -0.2) is 9.97 Å². The molecule has 0 aliphatic carbocycles. The van der Waals surface area contributed by atoms with Gasteiger partial charge in [-0.15, -0.1) is 0 Å². The molecule has 0 aromatic carbocycles. The Labute approximate surface area is 82.8 Å². The lowest BCUT2D eigenvalue weighted by Crippen LogP contribution is -1.96. The van der Waals surface area contributed by atoms with E-state index in [0.29, 0.717) is 5.92 Å². The van der Waals surface area contributed by atoms with Gasteiger partial charge in [0.15, 0.2) is 5.65 Å². The van der Waals surface area contributed by atoms with E-state index in [9.17, 15) is 0 Å². The number of aromatic amines is 1. The quantitative estimate of drug-likeness (QED) is 0.807. The molecule has 0 aliphatic rings. The zero-order valence-corrected chi connectivity index (χ0v) is 8.49. The molecule has 0 saturated carbocycles. The normalized spacial score (nSPS) is 11.4. The second-order valence-corrected chi connectivity index (χ2v) is 3.41. The average molecular weight is 190 g/mol. The summed E-state index contributed by atoms with van der Waals surface area (Å²) in [4.78, 5) is 8.13. The molecule has 0 aliphatic heterocycles. The number of hydrogen-bond acceptors (Lipinski definition) is 3. The molecule has 0 radical (unpaired) electrons. The molecule has 1 N–H and O–H groups in total. The van der Waals surface area contributed by atoms with E-state index in [-0.39, 0.29) is 0 Å². The van der Waals surface area contributed by atoms with Gasteiger partial charge < -0.3 is 0 Å². The average Bonchev–Trinajstić information content (AvgIpc) is 2.65. The molecule has 2 rings (SSSR count). The zero-order valence-electron chi connectivity index (χ0n) is 8.49. The third-order valence-electron chi connectivity index (χ3n) is 2.66. The molecule has 0 saturated heterocycles. The Kier molecular flexibility index (Phi) is 2.43. The van der Waals surface area contributed by atoms with Gasteiger partial charge in [0, 0.05) is 17.8 Å². The summed E-state index contributed by atoms with van der Waals surface area (Å²) in [5.74, 6) is 0.533. The molecule has 2 heterocycles. The van der Waals surface area contributed by atoms with E-state index in [1.807, 2.05) is 6.20 Å². The maximum Gasteiger partial charge on any atom is 0.184 e. The smallest absolute Gasteiger partial charge is 0.184 e. The molecule has 14 heavy (non-hydrogen) atoms. The molecule has 2 aromatic rings. The van der Waals surface area contributed by atoms with Crippen LogP contribution in [0.25, 0.3) is 11.0 Å². The van der Waals surface area contributed by atoms with Crippen LogP contribution in [0.5, 0.6) is 0 Å². The fraction of sp³-hybridized carbons (Fsp3) is 0.500. The Bertz CT molecular complexity index is 417. The van der Waals surface area contributed by atoms with Gasteiger partial charge in [-0.05, 0) is 12.8 Å². The van der Waals surface area contributed by atoms with Gasteiger partial charge in [-0.3, -0.25) is 5.10 Å². The highest BCUT2D eigenvalue weighted by molar-refractivity contribution is 5.76. The predicted molar refractivity (Wildman–Crippen MR) is 55.0 cm³/mol. The summed E-state index contributed by atoms with van der Waals surface area (Å²) in [6.07, 6.45) is 5.59. The van der Waals surface area contributed by atoms with Crippen LogP contribution in [0.15, 0.2) is 12.5 Å². The minimum absolute atomic E-state index is 0.533. The van der Waals surface area contributed by atoms with Crippen LogP contribution in [-0.2, 0) is 0 Å². The van der Waals surface area contributed by atoms with Gasteiger partial charge in [0.05, 0.1) is 5.39 Å². The van der Waals surface area contributed by atoms with Crippen molar-refractivity contribution < 1.29 is 0 Å². The first-order valence-corrected chi connectivity index (χ1v) is 5.00. The topological polar surface area (TPSA) is 54.5 Å². The van der Waals surface area contributed by atoms with Crippen molar-refractivity contribution >= 4 is 11.0 Å². The molecule has 0 atom stereocenters. The number of fused-ring (bicyclic) bond motifs is 1. The summed E-state index contributed by atoms with van der Waals surface area (Å²) < 4.78 is 0. The molecule has 4 nitrogen and oxygen atoms in total. The highest BCUT2D eigenvalue weighted by Crippen LogP contribution is 2.26. The van der Waals surface area contributed by atoms with E-state index in [2.05, 4.69) is 34.0 Å². The SMILES string of the molecule is CCC(CC)c1[nH]nc2ncncc12. The van der Waals surface area contributed by atoms with Gasteiger partial charge >= 0.3 is 0 Å². The number of H-pyrrole nitrogens is 1. The van der Waals surface area contributed by atoms with E-state index in [1.54, 1.807) is 0 Å². The molecule has 0 unspecified atom stereocenters. The van der Waals surface area contributed by atoms with E-state index in [0.717, 1.165) is 23.9 Å². The number of rotatable bonds is 3. The molecule has 0 spiro atoms. The molecule has 0 fully saturated rings. The summed E-state index contributed by atoms with van der Waals surface area (Å²) in [5, 5.41) is 8.28. The van der Waals surface area contributed by atoms with E-state index < -0.39 is 0 Å². The number of aromatic nitrogens is 4. The lowest BCUT2D eigenvalue weighted by atomic mass is 9.98. The van der Waals surface area contributed by atoms with Crippen LogP contribution >= 0.6 is 0 Å². The van der Waals surface area contributed by atoms with Crippen LogP contribution in [0.2, 0.25) is 0 Å². The van der Waals surface area contributed by atoms with Crippen molar-refractivity contribution in [2.24, 2.45) is 0 Å². The summed E-state index contributed by atoms with van der Waals surface area (Å²) in [6.45, 7) is 4.37. The van der Waals surface area contributed by atoms with Gasteiger partial charge in [-0.2, -0.15) is 5.10 Å². The largest absolute Gasteiger partial charge is 0.279 e. The summed E-state index contributed by atoms with van der Waals surface area (Å²) in [5.41, 5.74) is 1.94. The van der Waals surface area contributed by atoms with Crippen molar-refractivity contribution in [2.75, 3.05) is 0 Å². The number of nitrogens with one attached hydrogen (secondary N) is 1. The second kappa shape index (κ2) is 3.74. The highest BCUT2D eigenvalue weighted by Gasteiger charge is 2.13. The monoisotopic (exact) mass is 190 g/mol. The molecular formula is C10H14N4. The summed E-state index contributed by atoms with van der Waals surface area (Å²) >= 11 is 0. The minimum atomic E-state index is 0.533. The molecule has 2 aromatic heterocycles. The van der Waals surface area contributed by atoms with Crippen LogP contribution in [0.3, 0.4) is 0 Å². The first kappa shape index (κ1) is 9.12. The Hall–Kier alpha value is -1.45. The Morgan fingerprint density at radius 3 is 2.86 bits per heavy atom. The van der Waals surface area contributed by atoms with Crippen molar-refractivity contribution in [1.29, 1.82) is 0 Å². The lowest BCUT2D eigenvalue weighted by molar-refractivity contribution is 0.625. The first-order chi connectivity index (χ1) is 6.86. The van der Waals surface area contributed by atoms with E-state index >= 15 is 0 Å². The second-order valence-electron chi connectivity index (χ2n) is 3.41. The van der Waals surface area contributed by atoms with Crippen LogP contribution in [-0.4, -0.2) is 20.2 Å². The third kappa shape index (κ3) is 1.36. The summed E-state index contributed by atoms with van der Waals surface area (Å²) in [7, 11) is 0. The van der Waals surface area contributed by atoms with Gasteiger partial charge in [0.2, 0.25) is 0 Å². The van der Waals surface area contributed by atoms with Crippen molar-refractivity contribution in [2.45, 2.75) is 32.6 Å². The van der Waals surface area contributed by atoms with Gasteiger partial charge in [0.25, 0.3) is 0 Å². The van der Waals surface area contributed by atoms with Crippen molar-refractivity contribution in [3.63, 3.8) is 0 Å². The minimum Gasteiger partial charge on any atom is -0.279 e. The van der Waals surface area contributed by atoms with Crippen LogP contribution in [0, 0.1) is 0 Å². The Morgan fingerprint density at radius 2 is 2.14 bits per heavy atom.